The summed E-state index contributed by atoms with van der Waals surface area (Å²) in [6.07, 6.45) is 45.7. The van der Waals surface area contributed by atoms with Crippen LogP contribution in [0.1, 0.15) is 336 Å². The van der Waals surface area contributed by atoms with Crippen molar-refractivity contribution in [1.29, 1.82) is 0 Å². The number of ether oxygens (including phenoxy) is 4. The first-order valence-corrected chi connectivity index (χ1v) is 37.3. The Morgan fingerprint density at radius 1 is 0.286 bits per heavy atom. The predicted molar refractivity (Wildman–Crippen MR) is 335 cm³/mol. The quantitative estimate of drug-likeness (QED) is 0.0222. The zero-order chi connectivity index (χ0) is 61.9. The number of hydrogen-bond donors (Lipinski definition) is 3. The number of aliphatic hydroxyl groups is 1. The fourth-order valence-electron chi connectivity index (χ4n) is 9.81. The van der Waals surface area contributed by atoms with E-state index in [1.807, 2.05) is 0 Å². The average Bonchev–Trinajstić information content (AvgIpc) is 3.57. The summed E-state index contributed by atoms with van der Waals surface area (Å²) in [6.45, 7) is 4.87. The molecule has 19 heteroatoms. The summed E-state index contributed by atoms with van der Waals surface area (Å²) in [6, 6.07) is 0. The standard InChI is InChI=1S/C65H126O17P2/c1-5-9-13-17-21-25-28-29-30-31-33-36-40-44-48-52-65(70)81-60(55-75-62(67)49-45-41-37-24-20-16-12-8-4)57-79-83(71,72)77-53-59(66)54-78-84(73,74)80-58-61(56-76-63(68)50-46-42-38-34-27-23-19-15-11-7-3)82-64(69)51-47-43-39-35-32-26-22-18-14-10-6-2/h59-61,66H,5-58H2,1-4H3,(H,71,72)(H,73,74)/t59-,60-,61-/m1/s1. The lowest BCUT2D eigenvalue weighted by Crippen LogP contribution is -2.30. The summed E-state index contributed by atoms with van der Waals surface area (Å²) < 4.78 is 68.0. The maximum Gasteiger partial charge on any atom is 0.472 e. The largest absolute Gasteiger partial charge is 0.472 e. The van der Waals surface area contributed by atoms with Gasteiger partial charge in [-0.05, 0) is 25.7 Å². The Bertz CT molecular complexity index is 1620. The molecule has 0 saturated heterocycles. The van der Waals surface area contributed by atoms with Gasteiger partial charge in [0.2, 0.25) is 0 Å². The Morgan fingerprint density at radius 3 is 0.702 bits per heavy atom. The number of phosphoric ester groups is 2. The van der Waals surface area contributed by atoms with Crippen molar-refractivity contribution < 1.29 is 80.2 Å². The van der Waals surface area contributed by atoms with Crippen LogP contribution in [0.4, 0.5) is 0 Å². The lowest BCUT2D eigenvalue weighted by atomic mass is 10.0. The number of carbonyl (C=O) groups is 4. The Morgan fingerprint density at radius 2 is 0.476 bits per heavy atom. The average molecular weight is 1240 g/mol. The summed E-state index contributed by atoms with van der Waals surface area (Å²) in [5.41, 5.74) is 0. The highest BCUT2D eigenvalue weighted by Gasteiger charge is 2.30. The highest BCUT2D eigenvalue weighted by atomic mass is 31.2. The van der Waals surface area contributed by atoms with E-state index in [0.717, 1.165) is 96.3 Å². The Labute approximate surface area is 511 Å². The number of aliphatic hydroxyl groups excluding tert-OH is 1. The maximum atomic E-state index is 13.0. The molecule has 0 heterocycles. The Hall–Kier alpha value is -1.94. The molecule has 0 aromatic heterocycles. The van der Waals surface area contributed by atoms with Crippen molar-refractivity contribution in [2.24, 2.45) is 0 Å². The molecule has 3 N–H and O–H groups in total. The van der Waals surface area contributed by atoms with Gasteiger partial charge in [-0.3, -0.25) is 37.3 Å². The number of phosphoric acid groups is 2. The molecule has 0 fully saturated rings. The van der Waals surface area contributed by atoms with Crippen LogP contribution in [0.5, 0.6) is 0 Å². The van der Waals surface area contributed by atoms with Gasteiger partial charge in [0.15, 0.2) is 12.2 Å². The Balaban J connectivity index is 5.20. The molecule has 0 spiro atoms. The summed E-state index contributed by atoms with van der Waals surface area (Å²) >= 11 is 0. The van der Waals surface area contributed by atoms with Gasteiger partial charge in [0.1, 0.15) is 19.3 Å². The van der Waals surface area contributed by atoms with Crippen LogP contribution in [0.3, 0.4) is 0 Å². The van der Waals surface area contributed by atoms with Crippen molar-refractivity contribution in [2.45, 2.75) is 354 Å². The van der Waals surface area contributed by atoms with Gasteiger partial charge in [-0.1, -0.05) is 285 Å². The van der Waals surface area contributed by atoms with E-state index in [-0.39, 0.29) is 25.7 Å². The van der Waals surface area contributed by atoms with Gasteiger partial charge in [0, 0.05) is 25.7 Å². The molecular formula is C65H126O17P2. The second kappa shape index (κ2) is 60.0. The van der Waals surface area contributed by atoms with Gasteiger partial charge in [-0.25, -0.2) is 9.13 Å². The van der Waals surface area contributed by atoms with E-state index >= 15 is 0 Å². The summed E-state index contributed by atoms with van der Waals surface area (Å²) in [5.74, 6) is -2.13. The van der Waals surface area contributed by atoms with Gasteiger partial charge in [-0.2, -0.15) is 0 Å². The van der Waals surface area contributed by atoms with Crippen LogP contribution >= 0.6 is 15.6 Å². The van der Waals surface area contributed by atoms with Crippen molar-refractivity contribution >= 4 is 39.5 Å². The SMILES string of the molecule is CCCCCCCCCCCCCCCCCC(=O)O[C@H](COC(=O)CCCCCCCCCC)COP(=O)(O)OC[C@@H](O)COP(=O)(O)OC[C@@H](COC(=O)CCCCCCCCCCCC)OC(=O)CCCCCCCCCCCCC. The van der Waals surface area contributed by atoms with Crippen molar-refractivity contribution in [3.8, 4) is 0 Å². The van der Waals surface area contributed by atoms with E-state index in [0.29, 0.717) is 25.7 Å². The molecule has 498 valence electrons. The molecule has 0 bridgehead atoms. The van der Waals surface area contributed by atoms with Gasteiger partial charge >= 0.3 is 39.5 Å². The lowest BCUT2D eigenvalue weighted by Gasteiger charge is -2.21. The molecule has 0 aliphatic rings. The number of unbranched alkanes of at least 4 members (excludes halogenated alkanes) is 40. The van der Waals surface area contributed by atoms with Crippen LogP contribution in [0.15, 0.2) is 0 Å². The molecule has 0 aromatic rings. The van der Waals surface area contributed by atoms with Gasteiger partial charge in [-0.15, -0.1) is 0 Å². The second-order valence-electron chi connectivity index (χ2n) is 23.5. The topological polar surface area (TPSA) is 237 Å². The van der Waals surface area contributed by atoms with Gasteiger partial charge in [0.25, 0.3) is 0 Å². The van der Waals surface area contributed by atoms with Crippen molar-refractivity contribution in [2.75, 3.05) is 39.6 Å². The number of carbonyl (C=O) groups excluding carboxylic acids is 4. The van der Waals surface area contributed by atoms with E-state index in [9.17, 15) is 43.2 Å². The van der Waals surface area contributed by atoms with Crippen LogP contribution in [0.25, 0.3) is 0 Å². The fraction of sp³-hybridized carbons (Fsp3) is 0.938. The molecule has 5 atom stereocenters. The Kier molecular flexibility index (Phi) is 58.6. The van der Waals surface area contributed by atoms with Crippen molar-refractivity contribution in [1.82, 2.24) is 0 Å². The third-order valence-corrected chi connectivity index (χ3v) is 17.0. The highest BCUT2D eigenvalue weighted by molar-refractivity contribution is 7.47. The van der Waals surface area contributed by atoms with Crippen molar-refractivity contribution in [3.63, 3.8) is 0 Å². The zero-order valence-electron chi connectivity index (χ0n) is 53.9. The molecule has 84 heavy (non-hydrogen) atoms. The molecule has 0 saturated carbocycles. The summed E-state index contributed by atoms with van der Waals surface area (Å²) in [4.78, 5) is 72.2. The first kappa shape index (κ1) is 82.1. The predicted octanol–water partition coefficient (Wildman–Crippen LogP) is 18.3. The monoisotopic (exact) mass is 1240 g/mol. The maximum absolute atomic E-state index is 13.0. The third kappa shape index (κ3) is 59.0. The minimum Gasteiger partial charge on any atom is -0.462 e. The van der Waals surface area contributed by atoms with E-state index < -0.39 is 97.5 Å². The van der Waals surface area contributed by atoms with E-state index in [2.05, 4.69) is 27.7 Å². The molecule has 17 nitrogen and oxygen atoms in total. The van der Waals surface area contributed by atoms with E-state index in [1.165, 1.54) is 161 Å². The summed E-state index contributed by atoms with van der Waals surface area (Å²) in [7, 11) is -9.88. The van der Waals surface area contributed by atoms with E-state index in [4.69, 9.17) is 37.0 Å². The smallest absolute Gasteiger partial charge is 0.462 e. The van der Waals surface area contributed by atoms with Crippen LogP contribution in [-0.4, -0.2) is 96.7 Å². The minimum absolute atomic E-state index is 0.107. The molecule has 0 radical (unpaired) electrons. The number of rotatable bonds is 66. The molecule has 0 aliphatic heterocycles. The highest BCUT2D eigenvalue weighted by Crippen LogP contribution is 2.45. The normalized spacial score (nSPS) is 14.1. The van der Waals surface area contributed by atoms with Crippen LogP contribution in [0.2, 0.25) is 0 Å². The van der Waals surface area contributed by atoms with Crippen molar-refractivity contribution in [3.05, 3.63) is 0 Å². The lowest BCUT2D eigenvalue weighted by molar-refractivity contribution is -0.161. The number of hydrogen-bond acceptors (Lipinski definition) is 15. The fourth-order valence-corrected chi connectivity index (χ4v) is 11.4. The number of esters is 4. The minimum atomic E-state index is -4.94. The van der Waals surface area contributed by atoms with Gasteiger partial charge < -0.3 is 33.8 Å². The first-order valence-electron chi connectivity index (χ1n) is 34.3. The molecular weight excluding hydrogens is 1110 g/mol. The first-order chi connectivity index (χ1) is 40.7. The van der Waals surface area contributed by atoms with Crippen LogP contribution in [0, 0.1) is 0 Å². The molecule has 0 amide bonds. The molecule has 2 unspecified atom stereocenters. The summed E-state index contributed by atoms with van der Waals surface area (Å²) in [5, 5.41) is 10.5. The second-order valence-corrected chi connectivity index (χ2v) is 26.4. The van der Waals surface area contributed by atoms with Crippen LogP contribution in [-0.2, 0) is 65.4 Å². The molecule has 0 rings (SSSR count). The zero-order valence-corrected chi connectivity index (χ0v) is 55.7. The van der Waals surface area contributed by atoms with Gasteiger partial charge in [0.05, 0.1) is 26.4 Å². The van der Waals surface area contributed by atoms with E-state index in [1.54, 1.807) is 0 Å². The molecule has 0 aromatic carbocycles. The van der Waals surface area contributed by atoms with Crippen LogP contribution < -0.4 is 0 Å². The molecule has 0 aliphatic carbocycles. The third-order valence-electron chi connectivity index (χ3n) is 15.1.